The first-order valence-corrected chi connectivity index (χ1v) is 10.7. The number of carboxylic acid groups (broad SMARTS) is 1. The fraction of sp³-hybridized carbons (Fsp3) is 0.192. The van der Waals surface area contributed by atoms with Crippen LogP contribution in [0.3, 0.4) is 0 Å². The Morgan fingerprint density at radius 3 is 2.12 bits per heavy atom. The summed E-state index contributed by atoms with van der Waals surface area (Å²) in [6.07, 6.45) is -1.72. The molecule has 0 spiro atoms. The fourth-order valence-electron chi connectivity index (χ4n) is 4.10. The maximum absolute atomic E-state index is 12.6. The van der Waals surface area contributed by atoms with Gasteiger partial charge in [-0.1, -0.05) is 60.7 Å². The van der Waals surface area contributed by atoms with Crippen LogP contribution in [0.25, 0.3) is 11.1 Å². The second kappa shape index (κ2) is 10.2. The molecule has 0 saturated heterocycles. The predicted molar refractivity (Wildman–Crippen MR) is 126 cm³/mol. The van der Waals surface area contributed by atoms with Crippen LogP contribution >= 0.6 is 0 Å². The van der Waals surface area contributed by atoms with Crippen molar-refractivity contribution >= 4 is 23.7 Å². The molecule has 174 valence electrons. The molecule has 0 aromatic heterocycles. The second-order valence-electron chi connectivity index (χ2n) is 7.77. The van der Waals surface area contributed by atoms with E-state index >= 15 is 0 Å². The van der Waals surface area contributed by atoms with Gasteiger partial charge in [0.25, 0.3) is 5.91 Å². The predicted octanol–water partition coefficient (Wildman–Crippen LogP) is 3.88. The molecule has 34 heavy (non-hydrogen) atoms. The molecule has 0 aliphatic heterocycles. The Hall–Kier alpha value is -4.17. The SMILES string of the molecule is COC(CNC(=O)OCC1c2ccccc2-c2ccccc21)C(=O)Nc1ccccc1C(=O)O. The van der Waals surface area contributed by atoms with Crippen LogP contribution in [0.4, 0.5) is 10.5 Å². The quantitative estimate of drug-likeness (QED) is 0.470. The standard InChI is InChI=1S/C26H24N2O6/c1-33-23(24(29)28-22-13-7-6-12-20(22)25(30)31)14-27-26(32)34-15-21-18-10-4-2-8-16(18)17-9-3-5-11-19(17)21/h2-13,21,23H,14-15H2,1H3,(H,27,32)(H,28,29)(H,30,31). The molecule has 3 N–H and O–H groups in total. The number of nitrogens with one attached hydrogen (secondary N) is 2. The summed E-state index contributed by atoms with van der Waals surface area (Å²) in [4.78, 5) is 36.3. The number of hydrogen-bond acceptors (Lipinski definition) is 5. The van der Waals surface area contributed by atoms with Crippen LogP contribution in [0, 0.1) is 0 Å². The third kappa shape index (κ3) is 4.77. The maximum Gasteiger partial charge on any atom is 0.407 e. The van der Waals surface area contributed by atoms with Crippen LogP contribution in [0.5, 0.6) is 0 Å². The lowest BCUT2D eigenvalue weighted by Gasteiger charge is -2.18. The summed E-state index contributed by atoms with van der Waals surface area (Å²) in [5.41, 5.74) is 4.55. The van der Waals surface area contributed by atoms with E-state index in [9.17, 15) is 19.5 Å². The minimum absolute atomic E-state index is 0.0461. The molecule has 8 nitrogen and oxygen atoms in total. The lowest BCUT2D eigenvalue weighted by atomic mass is 9.98. The highest BCUT2D eigenvalue weighted by atomic mass is 16.5. The Kier molecular flexibility index (Phi) is 6.89. The van der Waals surface area contributed by atoms with Gasteiger partial charge in [0.05, 0.1) is 17.8 Å². The average molecular weight is 460 g/mol. The van der Waals surface area contributed by atoms with Crippen molar-refractivity contribution in [1.29, 1.82) is 0 Å². The first-order chi connectivity index (χ1) is 16.5. The number of fused-ring (bicyclic) bond motifs is 3. The van der Waals surface area contributed by atoms with Gasteiger partial charge >= 0.3 is 12.1 Å². The number of hydrogen-bond donors (Lipinski definition) is 3. The van der Waals surface area contributed by atoms with Crippen LogP contribution in [0.2, 0.25) is 0 Å². The number of methoxy groups -OCH3 is 1. The third-order valence-electron chi connectivity index (χ3n) is 5.77. The number of rotatable bonds is 8. The van der Waals surface area contributed by atoms with Gasteiger partial charge in [-0.25, -0.2) is 9.59 Å². The van der Waals surface area contributed by atoms with Crippen LogP contribution in [-0.2, 0) is 14.3 Å². The Morgan fingerprint density at radius 1 is 0.912 bits per heavy atom. The van der Waals surface area contributed by atoms with E-state index in [-0.39, 0.29) is 30.3 Å². The van der Waals surface area contributed by atoms with Crippen molar-refractivity contribution in [1.82, 2.24) is 5.32 Å². The normalized spacial score (nSPS) is 12.9. The van der Waals surface area contributed by atoms with Crippen molar-refractivity contribution in [2.45, 2.75) is 12.0 Å². The first kappa shape index (κ1) is 23.0. The highest BCUT2D eigenvalue weighted by molar-refractivity contribution is 6.02. The molecule has 2 amide bonds. The van der Waals surface area contributed by atoms with E-state index in [1.165, 1.54) is 19.2 Å². The molecule has 4 rings (SSSR count). The van der Waals surface area contributed by atoms with Crippen LogP contribution in [0.15, 0.2) is 72.8 Å². The molecular weight excluding hydrogens is 436 g/mol. The minimum atomic E-state index is -1.17. The zero-order chi connectivity index (χ0) is 24.1. The number of alkyl carbamates (subject to hydrolysis) is 1. The summed E-state index contributed by atoms with van der Waals surface area (Å²) in [5, 5.41) is 14.3. The van der Waals surface area contributed by atoms with E-state index in [0.29, 0.717) is 0 Å². The molecule has 1 aliphatic rings. The molecule has 1 unspecified atom stereocenters. The van der Waals surface area contributed by atoms with E-state index < -0.39 is 24.1 Å². The number of para-hydroxylation sites is 1. The highest BCUT2D eigenvalue weighted by Gasteiger charge is 2.29. The summed E-state index contributed by atoms with van der Waals surface area (Å²) in [6.45, 7) is 0.00391. The van der Waals surface area contributed by atoms with E-state index in [2.05, 4.69) is 22.8 Å². The van der Waals surface area contributed by atoms with Crippen LogP contribution in [0.1, 0.15) is 27.4 Å². The molecule has 3 aromatic carbocycles. The zero-order valence-corrected chi connectivity index (χ0v) is 18.5. The van der Waals surface area contributed by atoms with Gasteiger partial charge in [-0.3, -0.25) is 4.79 Å². The van der Waals surface area contributed by atoms with Gasteiger partial charge in [-0.15, -0.1) is 0 Å². The Bertz CT molecular complexity index is 1180. The molecule has 0 fully saturated rings. The van der Waals surface area contributed by atoms with Gasteiger partial charge in [-0.2, -0.15) is 0 Å². The summed E-state index contributed by atoms with van der Waals surface area (Å²) < 4.78 is 10.6. The Labute approximate surface area is 196 Å². The molecule has 1 atom stereocenters. The van der Waals surface area contributed by atoms with E-state index in [1.807, 2.05) is 36.4 Å². The number of aromatic carboxylic acids is 1. The molecule has 1 aliphatic carbocycles. The van der Waals surface area contributed by atoms with Crippen molar-refractivity contribution in [3.63, 3.8) is 0 Å². The summed E-state index contributed by atoms with van der Waals surface area (Å²) >= 11 is 0. The van der Waals surface area contributed by atoms with Crippen molar-refractivity contribution in [3.05, 3.63) is 89.5 Å². The zero-order valence-electron chi connectivity index (χ0n) is 18.5. The molecule has 0 heterocycles. The summed E-state index contributed by atoms with van der Waals surface area (Å²) in [6, 6.07) is 22.1. The number of carboxylic acids is 1. The molecule has 0 radical (unpaired) electrons. The van der Waals surface area contributed by atoms with Crippen molar-refractivity contribution in [2.75, 3.05) is 25.6 Å². The molecule has 3 aromatic rings. The molecule has 8 heteroatoms. The lowest BCUT2D eigenvalue weighted by molar-refractivity contribution is -0.125. The van der Waals surface area contributed by atoms with Gasteiger partial charge < -0.3 is 25.2 Å². The molecule has 0 bridgehead atoms. The number of benzene rings is 3. The van der Waals surface area contributed by atoms with Crippen molar-refractivity contribution in [2.24, 2.45) is 0 Å². The Balaban J connectivity index is 1.34. The second-order valence-corrected chi connectivity index (χ2v) is 7.77. The van der Waals surface area contributed by atoms with Crippen LogP contribution in [-0.4, -0.2) is 49.4 Å². The van der Waals surface area contributed by atoms with Gasteiger partial charge in [0.15, 0.2) is 6.10 Å². The van der Waals surface area contributed by atoms with Gasteiger partial charge in [0.1, 0.15) is 6.61 Å². The number of amides is 2. The van der Waals surface area contributed by atoms with Gasteiger partial charge in [0, 0.05) is 13.0 Å². The number of anilines is 1. The largest absolute Gasteiger partial charge is 0.478 e. The van der Waals surface area contributed by atoms with E-state index in [0.717, 1.165) is 22.3 Å². The fourth-order valence-corrected chi connectivity index (χ4v) is 4.10. The van der Waals surface area contributed by atoms with Crippen LogP contribution < -0.4 is 10.6 Å². The number of carbonyl (C=O) groups is 3. The van der Waals surface area contributed by atoms with Crippen molar-refractivity contribution < 1.29 is 29.0 Å². The topological polar surface area (TPSA) is 114 Å². The number of ether oxygens (including phenoxy) is 2. The highest BCUT2D eigenvalue weighted by Crippen LogP contribution is 2.44. The minimum Gasteiger partial charge on any atom is -0.478 e. The average Bonchev–Trinajstić information content (AvgIpc) is 3.17. The molecule has 0 saturated carbocycles. The lowest BCUT2D eigenvalue weighted by Crippen LogP contribution is -2.41. The van der Waals surface area contributed by atoms with Crippen molar-refractivity contribution in [3.8, 4) is 11.1 Å². The third-order valence-corrected chi connectivity index (χ3v) is 5.77. The number of carbonyl (C=O) groups excluding carboxylic acids is 2. The van der Waals surface area contributed by atoms with Gasteiger partial charge in [-0.05, 0) is 34.4 Å². The van der Waals surface area contributed by atoms with Gasteiger partial charge in [0.2, 0.25) is 0 Å². The monoisotopic (exact) mass is 460 g/mol. The van der Waals surface area contributed by atoms with E-state index in [4.69, 9.17) is 9.47 Å². The molecular formula is C26H24N2O6. The van der Waals surface area contributed by atoms with E-state index in [1.54, 1.807) is 12.1 Å². The Morgan fingerprint density at radius 2 is 1.50 bits per heavy atom. The summed E-state index contributed by atoms with van der Waals surface area (Å²) in [5.74, 6) is -1.83. The summed E-state index contributed by atoms with van der Waals surface area (Å²) in [7, 11) is 1.33. The first-order valence-electron chi connectivity index (χ1n) is 10.7. The smallest absolute Gasteiger partial charge is 0.407 e. The maximum atomic E-state index is 12.6.